The number of hydrogen-bond acceptors (Lipinski definition) is 8. The monoisotopic (exact) mass is 473 g/mol. The number of aromatic nitrogens is 2. The lowest BCUT2D eigenvalue weighted by Gasteiger charge is -2.18. The maximum Gasteiger partial charge on any atom is 0.331 e. The number of benzene rings is 2. The van der Waals surface area contributed by atoms with Crippen LogP contribution in [-0.4, -0.2) is 65.0 Å². The third kappa shape index (κ3) is 7.77. The van der Waals surface area contributed by atoms with Gasteiger partial charge in [-0.25, -0.2) is 4.79 Å². The first-order chi connectivity index (χ1) is 15.5. The molecule has 0 unspecified atom stereocenters. The summed E-state index contributed by atoms with van der Waals surface area (Å²) in [7, 11) is 3.89. The fraction of sp³-hybridized carbons (Fsp3) is 0.318. The van der Waals surface area contributed by atoms with Crippen LogP contribution in [0.15, 0.2) is 59.0 Å². The third-order valence-electron chi connectivity index (χ3n) is 4.31. The summed E-state index contributed by atoms with van der Waals surface area (Å²) in [5.74, 6) is 3.31. The predicted octanol–water partition coefficient (Wildman–Crippen LogP) is 4.29. The van der Waals surface area contributed by atoms with E-state index >= 15 is 0 Å². The van der Waals surface area contributed by atoms with Gasteiger partial charge in [-0.2, -0.15) is 0 Å². The minimum absolute atomic E-state index is 0.281. The Labute approximate surface area is 197 Å². The van der Waals surface area contributed by atoms with Crippen molar-refractivity contribution < 1.29 is 13.9 Å². The molecular weight excluding hydrogens is 446 g/mol. The first kappa shape index (κ1) is 24.0. The number of thioether (sulfide) groups is 1. The highest BCUT2D eigenvalue weighted by molar-refractivity contribution is 7.98. The van der Waals surface area contributed by atoms with Crippen LogP contribution in [0.2, 0.25) is 0 Å². The van der Waals surface area contributed by atoms with Crippen LogP contribution in [0.3, 0.4) is 0 Å². The Bertz CT molecular complexity index is 967. The van der Waals surface area contributed by atoms with Crippen molar-refractivity contribution in [1.29, 1.82) is 0 Å². The molecule has 1 N–H and O–H groups in total. The van der Waals surface area contributed by atoms with Crippen LogP contribution in [0.5, 0.6) is 5.75 Å². The van der Waals surface area contributed by atoms with Crippen molar-refractivity contribution in [1.82, 2.24) is 19.4 Å². The minimum atomic E-state index is -0.281. The molecule has 3 rings (SSSR count). The molecule has 3 aromatic rings. The number of nitrogens with one attached hydrogen (secondary N) is 1. The number of likely N-dealkylation sites (N-methyl/N-ethyl adjacent to an activating group) is 1. The van der Waals surface area contributed by atoms with Crippen molar-refractivity contribution in [2.24, 2.45) is 0 Å². The van der Waals surface area contributed by atoms with Gasteiger partial charge in [0.2, 0.25) is 11.8 Å². The van der Waals surface area contributed by atoms with Gasteiger partial charge in [0.1, 0.15) is 5.75 Å². The molecule has 0 fully saturated rings. The largest absolute Gasteiger partial charge is 0.493 e. The molecule has 0 aliphatic carbocycles. The van der Waals surface area contributed by atoms with Crippen LogP contribution < -0.4 is 10.1 Å². The van der Waals surface area contributed by atoms with Crippen LogP contribution in [0, 0.1) is 0 Å². The number of anilines is 1. The Morgan fingerprint density at radius 1 is 1.09 bits per heavy atom. The fourth-order valence-corrected chi connectivity index (χ4v) is 3.38. The molecule has 0 saturated heterocycles. The first-order valence-electron chi connectivity index (χ1n) is 10.1. The zero-order valence-corrected chi connectivity index (χ0v) is 19.8. The highest BCUT2D eigenvalue weighted by Gasteiger charge is 2.12. The number of amides is 2. The highest BCUT2D eigenvalue weighted by Crippen LogP contribution is 2.22. The number of nitrogens with zero attached hydrogens (tertiary/aromatic N) is 4. The zero-order valence-electron chi connectivity index (χ0n) is 18.1. The van der Waals surface area contributed by atoms with E-state index in [-0.39, 0.29) is 6.03 Å². The number of urea groups is 1. The zero-order chi connectivity index (χ0) is 22.8. The number of rotatable bonds is 11. The minimum Gasteiger partial charge on any atom is -0.493 e. The average Bonchev–Trinajstić information content (AvgIpc) is 3.27. The third-order valence-corrected chi connectivity index (χ3v) is 5.60. The van der Waals surface area contributed by atoms with E-state index in [4.69, 9.17) is 9.15 Å². The van der Waals surface area contributed by atoms with Gasteiger partial charge in [0.05, 0.1) is 12.4 Å². The molecule has 0 spiro atoms. The van der Waals surface area contributed by atoms with Gasteiger partial charge in [-0.15, -0.1) is 22.0 Å². The van der Waals surface area contributed by atoms with E-state index in [2.05, 4.69) is 28.3 Å². The molecule has 2 amide bonds. The molecule has 1 aromatic heterocycles. The molecule has 10 heteroatoms. The van der Waals surface area contributed by atoms with Gasteiger partial charge < -0.3 is 19.4 Å². The Hall–Kier alpha value is -2.69. The molecule has 0 aliphatic heterocycles. The van der Waals surface area contributed by atoms with Crippen molar-refractivity contribution >= 4 is 36.3 Å². The molecule has 0 bridgehead atoms. The van der Waals surface area contributed by atoms with Crippen LogP contribution >= 0.6 is 24.6 Å². The Balaban J connectivity index is 1.42. The second-order valence-electron chi connectivity index (χ2n) is 7.15. The molecule has 1 heterocycles. The molecule has 32 heavy (non-hydrogen) atoms. The number of hydrogen-bond donors (Lipinski definition) is 2. The van der Waals surface area contributed by atoms with Crippen molar-refractivity contribution in [2.75, 3.05) is 44.9 Å². The summed E-state index contributed by atoms with van der Waals surface area (Å²) >= 11 is 5.89. The van der Waals surface area contributed by atoms with Gasteiger partial charge in [0.15, 0.2) is 0 Å². The van der Waals surface area contributed by atoms with Crippen molar-refractivity contribution in [2.45, 2.75) is 5.75 Å². The Morgan fingerprint density at radius 3 is 2.56 bits per heavy atom. The van der Waals surface area contributed by atoms with Crippen LogP contribution in [0.4, 0.5) is 10.5 Å². The Morgan fingerprint density at radius 2 is 1.84 bits per heavy atom. The topological polar surface area (TPSA) is 83.7 Å². The van der Waals surface area contributed by atoms with Gasteiger partial charge in [0.25, 0.3) is 0 Å². The summed E-state index contributed by atoms with van der Waals surface area (Å²) in [5.41, 5.74) is 1.45. The summed E-state index contributed by atoms with van der Waals surface area (Å²) < 4.78 is 12.8. The van der Waals surface area contributed by atoms with E-state index in [1.54, 1.807) is 23.9 Å². The quantitative estimate of drug-likeness (QED) is 0.317. The lowest BCUT2D eigenvalue weighted by atomic mass is 10.2. The van der Waals surface area contributed by atoms with Crippen molar-refractivity contribution in [3.8, 4) is 17.2 Å². The van der Waals surface area contributed by atoms with E-state index in [1.807, 2.05) is 61.5 Å². The van der Waals surface area contributed by atoms with Crippen LogP contribution in [0.1, 0.15) is 5.89 Å². The van der Waals surface area contributed by atoms with Gasteiger partial charge in [-0.3, -0.25) is 4.31 Å². The molecule has 0 saturated carbocycles. The Kier molecular flexibility index (Phi) is 9.27. The molecule has 0 atom stereocenters. The van der Waals surface area contributed by atoms with Crippen LogP contribution in [0.25, 0.3) is 11.5 Å². The number of ether oxygens (including phenoxy) is 1. The predicted molar refractivity (Wildman–Crippen MR) is 131 cm³/mol. The van der Waals surface area contributed by atoms with E-state index in [0.717, 1.165) is 23.6 Å². The molecule has 0 aliphatic rings. The van der Waals surface area contributed by atoms with E-state index < -0.39 is 0 Å². The molecule has 8 nitrogen and oxygen atoms in total. The van der Waals surface area contributed by atoms with Gasteiger partial charge in [-0.05, 0) is 50.5 Å². The van der Waals surface area contributed by atoms with E-state index in [1.165, 1.54) is 4.31 Å². The summed E-state index contributed by atoms with van der Waals surface area (Å²) in [4.78, 5) is 14.2. The van der Waals surface area contributed by atoms with Gasteiger partial charge in [0, 0.05) is 30.1 Å². The summed E-state index contributed by atoms with van der Waals surface area (Å²) in [6.07, 6.45) is 0. The van der Waals surface area contributed by atoms with Gasteiger partial charge in [-0.1, -0.05) is 31.0 Å². The van der Waals surface area contributed by atoms with E-state index in [0.29, 0.717) is 36.4 Å². The molecular formula is C22H27N5O3S2. The number of para-hydroxylation sites is 1. The summed E-state index contributed by atoms with van der Waals surface area (Å²) in [6.45, 7) is 1.86. The van der Waals surface area contributed by atoms with Crippen LogP contribution in [-0.2, 0) is 5.75 Å². The number of carbonyl (C=O) groups is 1. The maximum atomic E-state index is 12.2. The average molecular weight is 474 g/mol. The normalized spacial score (nSPS) is 10.9. The second kappa shape index (κ2) is 12.4. The summed E-state index contributed by atoms with van der Waals surface area (Å²) in [5, 5.41) is 11.0. The molecule has 170 valence electrons. The SMILES string of the molecule is CN(C)CCN(S)C(=O)Nc1ccc(-c2nnc(CSCCOc3ccccc3)o2)cc1. The molecule has 0 radical (unpaired) electrons. The number of thiol groups is 1. The van der Waals surface area contributed by atoms with E-state index in [9.17, 15) is 4.79 Å². The maximum absolute atomic E-state index is 12.2. The summed E-state index contributed by atoms with van der Waals surface area (Å²) in [6, 6.07) is 16.7. The lowest BCUT2D eigenvalue weighted by molar-refractivity contribution is 0.236. The standard InChI is InChI=1S/C22H27N5O3S2/c1-26(2)12-13-27(31)22(28)23-18-10-8-17(9-11-18)21-25-24-20(30-21)16-32-15-14-29-19-6-4-3-5-7-19/h3-11,31H,12-16H2,1-2H3,(H,23,28). The first-order valence-corrected chi connectivity index (χ1v) is 11.7. The van der Waals surface area contributed by atoms with Crippen molar-refractivity contribution in [3.05, 3.63) is 60.5 Å². The fourth-order valence-electron chi connectivity index (χ4n) is 2.60. The smallest absolute Gasteiger partial charge is 0.331 e. The van der Waals surface area contributed by atoms with Gasteiger partial charge >= 0.3 is 6.03 Å². The van der Waals surface area contributed by atoms with Crippen molar-refractivity contribution in [3.63, 3.8) is 0 Å². The highest BCUT2D eigenvalue weighted by atomic mass is 32.2. The number of carbonyl (C=O) groups excluding carboxylic acids is 1. The second-order valence-corrected chi connectivity index (χ2v) is 8.74. The molecule has 2 aromatic carbocycles. The lowest BCUT2D eigenvalue weighted by Crippen LogP contribution is -2.32.